The van der Waals surface area contributed by atoms with Crippen LogP contribution in [0.25, 0.3) is 11.5 Å². The molecule has 1 amide bonds. The zero-order chi connectivity index (χ0) is 19.9. The molecule has 0 aliphatic carbocycles. The highest BCUT2D eigenvalue weighted by atomic mass is 16.3. The number of fused-ring (bicyclic) bond motifs is 1. The fraction of sp³-hybridized carbons (Fsp3) is 0.300. The van der Waals surface area contributed by atoms with Crippen molar-refractivity contribution in [2.75, 3.05) is 12.4 Å². The van der Waals surface area contributed by atoms with E-state index in [4.69, 9.17) is 0 Å². The molecule has 0 saturated heterocycles. The van der Waals surface area contributed by atoms with Crippen molar-refractivity contribution < 1.29 is 9.90 Å². The van der Waals surface area contributed by atoms with E-state index < -0.39 is 5.60 Å². The van der Waals surface area contributed by atoms with Crippen LogP contribution in [-0.4, -0.2) is 48.3 Å². The number of nitrogens with one attached hydrogen (secondary N) is 1. The number of rotatable bonds is 5. The van der Waals surface area contributed by atoms with Gasteiger partial charge in [0.25, 0.3) is 5.91 Å². The summed E-state index contributed by atoms with van der Waals surface area (Å²) in [7, 11) is 1.79. The summed E-state index contributed by atoms with van der Waals surface area (Å²) in [4.78, 5) is 18.8. The van der Waals surface area contributed by atoms with Crippen LogP contribution >= 0.6 is 0 Å². The normalized spacial score (nSPS) is 13.7. The maximum absolute atomic E-state index is 12.5. The van der Waals surface area contributed by atoms with Crippen molar-refractivity contribution in [2.45, 2.75) is 32.5 Å². The van der Waals surface area contributed by atoms with Gasteiger partial charge in [0, 0.05) is 13.6 Å². The smallest absolute Gasteiger partial charge is 0.256 e. The molecular formula is C20H22N6O2. The minimum Gasteiger partial charge on any atom is -0.389 e. The minimum absolute atomic E-state index is 0.000764. The lowest BCUT2D eigenvalue weighted by Gasteiger charge is -2.18. The molecule has 3 aromatic rings. The number of amides is 1. The summed E-state index contributed by atoms with van der Waals surface area (Å²) in [6.45, 7) is 4.41. The molecule has 4 rings (SSSR count). The number of carbonyl (C=O) groups is 1. The Morgan fingerprint density at radius 2 is 2.00 bits per heavy atom. The number of pyridine rings is 1. The number of carbonyl (C=O) groups excluding carboxylic acids is 1. The number of hydrogen-bond acceptors (Lipinski definition) is 6. The molecule has 0 atom stereocenters. The van der Waals surface area contributed by atoms with Gasteiger partial charge in [0.05, 0.1) is 23.4 Å². The molecule has 0 saturated carbocycles. The maximum atomic E-state index is 12.5. The molecule has 2 aromatic heterocycles. The van der Waals surface area contributed by atoms with E-state index in [2.05, 4.69) is 20.5 Å². The Morgan fingerprint density at radius 1 is 1.21 bits per heavy atom. The zero-order valence-electron chi connectivity index (χ0n) is 16.0. The monoisotopic (exact) mass is 378 g/mol. The summed E-state index contributed by atoms with van der Waals surface area (Å²) < 4.78 is 1.77. The van der Waals surface area contributed by atoms with E-state index in [1.165, 1.54) is 0 Å². The summed E-state index contributed by atoms with van der Waals surface area (Å²) in [5.41, 5.74) is 2.14. The Hall–Kier alpha value is -3.26. The predicted molar refractivity (Wildman–Crippen MR) is 105 cm³/mol. The molecule has 1 aliphatic heterocycles. The van der Waals surface area contributed by atoms with Crippen LogP contribution in [0.15, 0.2) is 42.7 Å². The van der Waals surface area contributed by atoms with Crippen LogP contribution in [0, 0.1) is 0 Å². The van der Waals surface area contributed by atoms with Crippen molar-refractivity contribution >= 4 is 17.4 Å². The zero-order valence-corrected chi connectivity index (χ0v) is 16.0. The third-order valence-electron chi connectivity index (χ3n) is 4.53. The third-order valence-corrected chi connectivity index (χ3v) is 4.53. The lowest BCUT2D eigenvalue weighted by Crippen LogP contribution is -2.26. The average Bonchev–Trinajstić information content (AvgIpc) is 3.19. The van der Waals surface area contributed by atoms with E-state index in [0.29, 0.717) is 36.0 Å². The Morgan fingerprint density at radius 3 is 2.79 bits per heavy atom. The summed E-state index contributed by atoms with van der Waals surface area (Å²) in [5, 5.41) is 21.5. The fourth-order valence-corrected chi connectivity index (χ4v) is 3.36. The molecule has 0 spiro atoms. The molecule has 0 radical (unpaired) electrons. The summed E-state index contributed by atoms with van der Waals surface area (Å²) >= 11 is 0. The minimum atomic E-state index is -0.899. The van der Waals surface area contributed by atoms with Gasteiger partial charge >= 0.3 is 0 Å². The maximum Gasteiger partial charge on any atom is 0.256 e. The molecule has 0 bridgehead atoms. The van der Waals surface area contributed by atoms with Gasteiger partial charge in [0.15, 0.2) is 5.82 Å². The van der Waals surface area contributed by atoms with Gasteiger partial charge in [-0.25, -0.2) is 4.98 Å². The molecule has 1 aromatic carbocycles. The molecule has 1 aliphatic rings. The van der Waals surface area contributed by atoms with Gasteiger partial charge in [-0.15, -0.1) is 10.2 Å². The summed E-state index contributed by atoms with van der Waals surface area (Å²) in [5.74, 6) is 1.17. The number of aliphatic hydroxyl groups is 1. The van der Waals surface area contributed by atoms with Gasteiger partial charge in [-0.2, -0.15) is 0 Å². The van der Waals surface area contributed by atoms with E-state index in [9.17, 15) is 9.90 Å². The summed E-state index contributed by atoms with van der Waals surface area (Å²) in [6, 6.07) is 11.3. The topological polar surface area (TPSA) is 96.2 Å². The van der Waals surface area contributed by atoms with Crippen molar-refractivity contribution in [1.82, 2.24) is 24.6 Å². The highest BCUT2D eigenvalue weighted by Gasteiger charge is 2.27. The standard InChI is InChI=1S/C20H22N6O2/c1-20(2,28)11-26-12-21-24-18(26)15-8-5-9-16(23-15)22-14-7-4-6-13-10-25(3)19(27)17(13)14/h4-9,12,28H,10-11H2,1-3H3,(H,22,23). The third kappa shape index (κ3) is 3.46. The molecule has 0 fully saturated rings. The van der Waals surface area contributed by atoms with Gasteiger partial charge in [-0.1, -0.05) is 18.2 Å². The van der Waals surface area contributed by atoms with Gasteiger partial charge in [0.2, 0.25) is 0 Å². The van der Waals surface area contributed by atoms with E-state index >= 15 is 0 Å². The van der Waals surface area contributed by atoms with E-state index in [0.717, 1.165) is 11.3 Å². The van der Waals surface area contributed by atoms with Gasteiger partial charge in [0.1, 0.15) is 17.8 Å². The Bertz CT molecular complexity index is 1040. The highest BCUT2D eigenvalue weighted by molar-refractivity contribution is 6.03. The molecule has 8 heteroatoms. The van der Waals surface area contributed by atoms with Crippen LogP contribution in [0.4, 0.5) is 11.5 Å². The first-order valence-electron chi connectivity index (χ1n) is 9.04. The molecule has 144 valence electrons. The second kappa shape index (κ2) is 6.72. The fourth-order valence-electron chi connectivity index (χ4n) is 3.36. The lowest BCUT2D eigenvalue weighted by atomic mass is 10.1. The average molecular weight is 378 g/mol. The number of aromatic nitrogens is 4. The van der Waals surface area contributed by atoms with Crippen molar-refractivity contribution in [3.05, 3.63) is 53.9 Å². The molecule has 3 heterocycles. The van der Waals surface area contributed by atoms with Crippen LogP contribution < -0.4 is 5.32 Å². The molecular weight excluding hydrogens is 356 g/mol. The van der Waals surface area contributed by atoms with Crippen molar-refractivity contribution in [3.8, 4) is 11.5 Å². The Labute approximate surface area is 162 Å². The first kappa shape index (κ1) is 18.1. The second-order valence-corrected chi connectivity index (χ2v) is 7.63. The van der Waals surface area contributed by atoms with Gasteiger partial charge < -0.3 is 19.9 Å². The number of anilines is 2. The van der Waals surface area contributed by atoms with Gasteiger partial charge in [-0.05, 0) is 37.6 Å². The van der Waals surface area contributed by atoms with E-state index in [-0.39, 0.29) is 5.91 Å². The first-order chi connectivity index (χ1) is 13.3. The largest absolute Gasteiger partial charge is 0.389 e. The summed E-state index contributed by atoms with van der Waals surface area (Å²) in [6.07, 6.45) is 1.58. The van der Waals surface area contributed by atoms with Gasteiger partial charge in [-0.3, -0.25) is 4.79 Å². The predicted octanol–water partition coefficient (Wildman–Crippen LogP) is 2.44. The second-order valence-electron chi connectivity index (χ2n) is 7.63. The number of hydrogen-bond donors (Lipinski definition) is 2. The SMILES string of the molecule is CN1Cc2cccc(Nc3cccc(-c4nncn4CC(C)(C)O)n3)c2C1=O. The van der Waals surface area contributed by atoms with Crippen LogP contribution in [0.5, 0.6) is 0 Å². The van der Waals surface area contributed by atoms with Crippen molar-refractivity contribution in [3.63, 3.8) is 0 Å². The highest BCUT2D eigenvalue weighted by Crippen LogP contribution is 2.30. The molecule has 8 nitrogen and oxygen atoms in total. The van der Waals surface area contributed by atoms with Crippen LogP contribution in [-0.2, 0) is 13.1 Å². The van der Waals surface area contributed by atoms with E-state index in [1.807, 2.05) is 36.4 Å². The Kier molecular flexibility index (Phi) is 4.35. The Balaban J connectivity index is 1.65. The van der Waals surface area contributed by atoms with Crippen molar-refractivity contribution in [2.24, 2.45) is 0 Å². The lowest BCUT2D eigenvalue weighted by molar-refractivity contribution is 0.0618. The van der Waals surface area contributed by atoms with Crippen molar-refractivity contribution in [1.29, 1.82) is 0 Å². The number of benzene rings is 1. The first-order valence-corrected chi connectivity index (χ1v) is 9.04. The molecule has 2 N–H and O–H groups in total. The van der Waals surface area contributed by atoms with Crippen LogP contribution in [0.3, 0.4) is 0 Å². The molecule has 0 unspecified atom stereocenters. The molecule has 28 heavy (non-hydrogen) atoms. The number of nitrogens with zero attached hydrogens (tertiary/aromatic N) is 5. The van der Waals surface area contributed by atoms with E-state index in [1.54, 1.807) is 36.7 Å². The van der Waals surface area contributed by atoms with Crippen LogP contribution in [0.1, 0.15) is 29.8 Å². The van der Waals surface area contributed by atoms with Crippen LogP contribution in [0.2, 0.25) is 0 Å². The quantitative estimate of drug-likeness (QED) is 0.708.